The number of aromatic amines is 1. The van der Waals surface area contributed by atoms with Gasteiger partial charge in [0.05, 0.1) is 0 Å². The maximum atomic E-state index is 14.0. The second-order valence-corrected chi connectivity index (χ2v) is 12.8. The van der Waals surface area contributed by atoms with E-state index < -0.39 is 109 Å². The zero-order valence-electron chi connectivity index (χ0n) is 30.8. The summed E-state index contributed by atoms with van der Waals surface area (Å²) in [5, 5.41) is 60.2. The van der Waals surface area contributed by atoms with E-state index in [4.69, 9.17) is 39.7 Å². The number of ether oxygens (including phenoxy) is 3. The Morgan fingerprint density at radius 2 is 1.52 bits per heavy atom. The number of hydrogen-bond donors (Lipinski definition) is 9. The van der Waals surface area contributed by atoms with Gasteiger partial charge in [-0.3, -0.25) is 28.8 Å². The van der Waals surface area contributed by atoms with Crippen LogP contribution < -0.4 is 22.3 Å². The van der Waals surface area contributed by atoms with Crippen LogP contribution >= 0.6 is 0 Å². The molecule has 0 aromatic carbocycles. The summed E-state index contributed by atoms with van der Waals surface area (Å²) in [6.07, 6.45) is -18.4. The molecule has 21 nitrogen and oxygen atoms in total. The summed E-state index contributed by atoms with van der Waals surface area (Å²) in [5.74, 6) is -6.62. The molecular weight excluding hydrogens is 810 g/mol. The number of likely N-dealkylation sites (N-methyl/N-ethyl adjacent to an activating group) is 2. The Balaban J connectivity index is 0.000000707. The summed E-state index contributed by atoms with van der Waals surface area (Å²) >= 11 is 0. The number of H-pyrrole nitrogens is 1. The molecule has 3 aliphatic heterocycles. The smallest absolute Gasteiger partial charge is 0.475 e. The first-order valence-electron chi connectivity index (χ1n) is 17.1. The lowest BCUT2D eigenvalue weighted by Crippen LogP contribution is -2.59. The fraction of sp³-hybridized carbons (Fsp3) is 0.677. The van der Waals surface area contributed by atoms with E-state index in [0.29, 0.717) is 6.54 Å². The molecule has 27 heteroatoms. The maximum Gasteiger partial charge on any atom is 0.490 e. The molecule has 0 saturated carbocycles. The van der Waals surface area contributed by atoms with Gasteiger partial charge in [-0.1, -0.05) is 19.8 Å². The molecule has 1 aromatic heterocycles. The molecule has 3 aliphatic rings. The molecule has 2 fully saturated rings. The standard InChI is InChI=1S/C27H42N6O11.2C2HF3O2/c1-4-5-6-9-29-23(39)13-7-10-31(2)16(24(40)32(13)3)21(44-26-20(38)17(35)14(12-28)42-26)22-18(36)19(37)25(43-22)33-11-8-15(34)30-27(33)41;2*3-2(4,5)1(6)7/h7-8,11,14,16-22,25-26,35-38H,4-6,9-10,12,28H2,1-3H3,(H,29,39)(H,30,34,41);2*(H,6,7)/t14-,16+,17-,18+,19-,20-,21+,22+,25-,26+;;/m1../s1. The van der Waals surface area contributed by atoms with Crippen molar-refractivity contribution in [3.05, 3.63) is 44.9 Å². The third-order valence-electron chi connectivity index (χ3n) is 8.65. The predicted octanol–water partition coefficient (Wildman–Crippen LogP) is -2.82. The van der Waals surface area contributed by atoms with E-state index in [1.807, 2.05) is 11.9 Å². The van der Waals surface area contributed by atoms with Crippen molar-refractivity contribution in [2.24, 2.45) is 5.73 Å². The van der Waals surface area contributed by atoms with E-state index in [0.717, 1.165) is 41.0 Å². The quantitative estimate of drug-likeness (QED) is 0.0801. The number of aliphatic hydroxyl groups excluding tert-OH is 4. The number of aromatic nitrogens is 2. The average Bonchev–Trinajstić information content (AvgIpc) is 3.53. The first-order valence-corrected chi connectivity index (χ1v) is 17.1. The van der Waals surface area contributed by atoms with Gasteiger partial charge in [-0.15, -0.1) is 0 Å². The summed E-state index contributed by atoms with van der Waals surface area (Å²) in [5.41, 5.74) is 4.12. The highest BCUT2D eigenvalue weighted by atomic mass is 19.4. The van der Waals surface area contributed by atoms with Crippen molar-refractivity contribution in [1.82, 2.24) is 24.7 Å². The Morgan fingerprint density at radius 1 is 0.948 bits per heavy atom. The number of halogens is 6. The topological polar surface area (TPSA) is 317 Å². The molecule has 58 heavy (non-hydrogen) atoms. The summed E-state index contributed by atoms with van der Waals surface area (Å²) in [4.78, 5) is 73.6. The van der Waals surface area contributed by atoms with Gasteiger partial charge in [-0.05, 0) is 19.5 Å². The van der Waals surface area contributed by atoms with E-state index in [9.17, 15) is 65.9 Å². The fourth-order valence-electron chi connectivity index (χ4n) is 5.61. The fourth-order valence-corrected chi connectivity index (χ4v) is 5.61. The van der Waals surface area contributed by atoms with Gasteiger partial charge in [0.1, 0.15) is 54.5 Å². The van der Waals surface area contributed by atoms with Crippen molar-refractivity contribution in [1.29, 1.82) is 0 Å². The number of hydrogen-bond acceptors (Lipinski definition) is 15. The van der Waals surface area contributed by atoms with Crippen molar-refractivity contribution in [3.8, 4) is 0 Å². The zero-order chi connectivity index (χ0) is 44.4. The van der Waals surface area contributed by atoms with Crippen molar-refractivity contribution in [2.45, 2.75) is 99.8 Å². The lowest BCUT2D eigenvalue weighted by Gasteiger charge is -2.38. The van der Waals surface area contributed by atoms with E-state index in [2.05, 4.69) is 5.32 Å². The number of aliphatic carboxylic acids is 2. The molecule has 4 rings (SSSR count). The van der Waals surface area contributed by atoms with Gasteiger partial charge in [0.2, 0.25) is 5.91 Å². The molecule has 330 valence electrons. The third kappa shape index (κ3) is 12.8. The second kappa shape index (κ2) is 21.0. The van der Waals surface area contributed by atoms with Crippen LogP contribution in [-0.4, -0.2) is 175 Å². The largest absolute Gasteiger partial charge is 0.490 e. The lowest BCUT2D eigenvalue weighted by molar-refractivity contribution is -0.232. The number of nitrogens with two attached hydrogens (primary N) is 1. The number of aliphatic hydroxyl groups is 4. The number of unbranched alkanes of at least 4 members (excludes halogenated alkanes) is 2. The number of nitrogens with one attached hydrogen (secondary N) is 2. The SMILES string of the molecule is CCCCCNC(=O)C1=CCN(C)[C@@H]([C@H](O[C@@H]2O[C@H](CN)[C@@H](O)[C@H]2O)[C@H]2O[C@@H](n3ccc(=O)[nH]c3=O)[C@H](O)[C@@H]2O)C(=O)N1C.O=C(O)C(F)(F)F.O=C(O)C(F)(F)F. The highest BCUT2D eigenvalue weighted by Crippen LogP contribution is 2.36. The summed E-state index contributed by atoms with van der Waals surface area (Å²) < 4.78 is 82.0. The van der Waals surface area contributed by atoms with E-state index in [1.54, 1.807) is 13.1 Å². The molecular formula is C31H44F6N6O15. The minimum atomic E-state index is -5.08. The Bertz CT molecular complexity index is 1700. The number of alkyl halides is 6. The average molecular weight is 855 g/mol. The minimum absolute atomic E-state index is 0.0641. The van der Waals surface area contributed by atoms with Crippen LogP contribution in [0.2, 0.25) is 0 Å². The normalized spacial score (nSPS) is 28.3. The molecule has 0 aliphatic carbocycles. The molecule has 0 spiro atoms. The summed E-state index contributed by atoms with van der Waals surface area (Å²) in [6, 6.07) is -0.273. The summed E-state index contributed by atoms with van der Waals surface area (Å²) in [7, 11) is 2.97. The Kier molecular flexibility index (Phi) is 18.0. The Labute approximate surface area is 323 Å². The van der Waals surface area contributed by atoms with Crippen molar-refractivity contribution >= 4 is 23.8 Å². The summed E-state index contributed by atoms with van der Waals surface area (Å²) in [6.45, 7) is 2.36. The van der Waals surface area contributed by atoms with Gasteiger partial charge >= 0.3 is 30.0 Å². The van der Waals surface area contributed by atoms with Crippen LogP contribution in [0.15, 0.2) is 33.6 Å². The number of nitrogens with zero attached hydrogens (tertiary/aromatic N) is 3. The van der Waals surface area contributed by atoms with Crippen LogP contribution in [-0.2, 0) is 33.4 Å². The zero-order valence-corrected chi connectivity index (χ0v) is 30.8. The van der Waals surface area contributed by atoms with Crippen LogP contribution in [0.3, 0.4) is 0 Å². The van der Waals surface area contributed by atoms with E-state index >= 15 is 0 Å². The lowest BCUT2D eigenvalue weighted by atomic mass is 9.97. The maximum absolute atomic E-state index is 14.0. The number of carbonyl (C=O) groups is 4. The number of carbonyl (C=O) groups excluding carboxylic acids is 2. The number of carboxylic acids is 2. The van der Waals surface area contributed by atoms with E-state index in [1.165, 1.54) is 11.9 Å². The second-order valence-electron chi connectivity index (χ2n) is 12.8. The predicted molar refractivity (Wildman–Crippen MR) is 179 cm³/mol. The number of amides is 2. The van der Waals surface area contributed by atoms with Crippen LogP contribution in [0.1, 0.15) is 32.4 Å². The molecule has 0 radical (unpaired) electrons. The van der Waals surface area contributed by atoms with Crippen molar-refractivity contribution in [3.63, 3.8) is 0 Å². The van der Waals surface area contributed by atoms with Crippen LogP contribution in [0.4, 0.5) is 26.3 Å². The molecule has 10 atom stereocenters. The molecule has 10 N–H and O–H groups in total. The monoisotopic (exact) mass is 854 g/mol. The molecule has 4 heterocycles. The highest BCUT2D eigenvalue weighted by Gasteiger charge is 2.55. The van der Waals surface area contributed by atoms with Crippen LogP contribution in [0.5, 0.6) is 0 Å². The first-order chi connectivity index (χ1) is 26.8. The van der Waals surface area contributed by atoms with Crippen LogP contribution in [0, 0.1) is 0 Å². The molecule has 0 bridgehead atoms. The van der Waals surface area contributed by atoms with Gasteiger partial charge in [-0.2, -0.15) is 26.3 Å². The molecule has 0 unspecified atom stereocenters. The van der Waals surface area contributed by atoms with Gasteiger partial charge in [0, 0.05) is 38.9 Å². The van der Waals surface area contributed by atoms with Crippen molar-refractivity contribution in [2.75, 3.05) is 33.7 Å². The van der Waals surface area contributed by atoms with Gasteiger partial charge in [-0.25, -0.2) is 14.4 Å². The molecule has 2 amide bonds. The molecule has 2 saturated heterocycles. The van der Waals surface area contributed by atoms with Gasteiger partial charge < -0.3 is 60.8 Å². The van der Waals surface area contributed by atoms with Crippen molar-refractivity contribution < 1.29 is 90.4 Å². The first kappa shape index (κ1) is 49.7. The van der Waals surface area contributed by atoms with E-state index in [-0.39, 0.29) is 18.8 Å². The van der Waals surface area contributed by atoms with Gasteiger partial charge in [0.25, 0.3) is 11.5 Å². The highest BCUT2D eigenvalue weighted by molar-refractivity contribution is 5.99. The third-order valence-corrected chi connectivity index (χ3v) is 8.65. The molecule has 1 aromatic rings. The van der Waals surface area contributed by atoms with Gasteiger partial charge in [0.15, 0.2) is 12.5 Å². The van der Waals surface area contributed by atoms with Crippen LogP contribution in [0.25, 0.3) is 0 Å². The Hall–Kier alpha value is -4.48. The minimum Gasteiger partial charge on any atom is -0.475 e. The Morgan fingerprint density at radius 3 is 2.00 bits per heavy atom. The number of rotatable bonds is 11. The number of carboxylic acid groups (broad SMARTS) is 2.